The largest absolute Gasteiger partial charge is 0.508 e. The maximum atomic E-state index is 11.7. The standard InChI is InChI=1S/C21H34N2O4/c1-2-3-4-5-6-7-8-9-10-11-20(25)23-21(26)22-16-17-27-19-14-12-18(24)13-15-19/h12-15,24H,2-11,16-17H2,1H3,(H2,22,23,25,26). The van der Waals surface area contributed by atoms with Crippen LogP contribution in [0.3, 0.4) is 0 Å². The van der Waals surface area contributed by atoms with Gasteiger partial charge in [0.15, 0.2) is 0 Å². The molecule has 6 heteroatoms. The van der Waals surface area contributed by atoms with Gasteiger partial charge < -0.3 is 15.2 Å². The Bertz CT molecular complexity index is 531. The summed E-state index contributed by atoms with van der Waals surface area (Å²) in [6.07, 6.45) is 11.1. The molecule has 6 nitrogen and oxygen atoms in total. The first-order valence-corrected chi connectivity index (χ1v) is 10.1. The first-order valence-electron chi connectivity index (χ1n) is 10.1. The topological polar surface area (TPSA) is 87.7 Å². The molecule has 0 fully saturated rings. The number of benzene rings is 1. The number of nitrogens with one attached hydrogen (secondary N) is 2. The van der Waals surface area contributed by atoms with Gasteiger partial charge in [-0.25, -0.2) is 4.79 Å². The molecule has 0 unspecified atom stereocenters. The summed E-state index contributed by atoms with van der Waals surface area (Å²) in [5.74, 6) is 0.539. The van der Waals surface area contributed by atoms with E-state index in [2.05, 4.69) is 17.6 Å². The molecule has 0 aliphatic heterocycles. The number of aromatic hydroxyl groups is 1. The summed E-state index contributed by atoms with van der Waals surface area (Å²) in [7, 11) is 0. The molecular weight excluding hydrogens is 344 g/mol. The number of urea groups is 1. The van der Waals surface area contributed by atoms with E-state index in [1.807, 2.05) is 0 Å². The second kappa shape index (κ2) is 14.9. The number of ether oxygens (including phenoxy) is 1. The number of carbonyl (C=O) groups is 2. The van der Waals surface area contributed by atoms with Gasteiger partial charge in [-0.1, -0.05) is 58.3 Å². The predicted octanol–water partition coefficient (Wildman–Crippen LogP) is 4.52. The van der Waals surface area contributed by atoms with Crippen LogP contribution in [-0.4, -0.2) is 30.2 Å². The van der Waals surface area contributed by atoms with Gasteiger partial charge in [-0.15, -0.1) is 0 Å². The van der Waals surface area contributed by atoms with Crippen LogP contribution < -0.4 is 15.4 Å². The summed E-state index contributed by atoms with van der Waals surface area (Å²) in [5, 5.41) is 14.1. The van der Waals surface area contributed by atoms with Gasteiger partial charge in [0.25, 0.3) is 0 Å². The van der Waals surface area contributed by atoms with Crippen molar-refractivity contribution >= 4 is 11.9 Å². The third-order valence-electron chi connectivity index (χ3n) is 4.25. The third kappa shape index (κ3) is 12.7. The van der Waals surface area contributed by atoms with Crippen molar-refractivity contribution in [1.29, 1.82) is 0 Å². The molecule has 1 rings (SSSR count). The van der Waals surface area contributed by atoms with Gasteiger partial charge in [-0.2, -0.15) is 0 Å². The molecule has 3 N–H and O–H groups in total. The molecule has 0 atom stereocenters. The molecule has 3 amide bonds. The highest BCUT2D eigenvalue weighted by Crippen LogP contribution is 2.15. The van der Waals surface area contributed by atoms with Gasteiger partial charge in [-0.3, -0.25) is 10.1 Å². The van der Waals surface area contributed by atoms with E-state index < -0.39 is 6.03 Å². The fraction of sp³-hybridized carbons (Fsp3) is 0.619. The highest BCUT2D eigenvalue weighted by Gasteiger charge is 2.06. The Hall–Kier alpha value is -2.24. The van der Waals surface area contributed by atoms with Crippen LogP contribution in [0.1, 0.15) is 71.1 Å². The lowest BCUT2D eigenvalue weighted by Crippen LogP contribution is -2.40. The molecule has 1 aromatic carbocycles. The number of rotatable bonds is 14. The van der Waals surface area contributed by atoms with Crippen molar-refractivity contribution in [3.8, 4) is 11.5 Å². The Morgan fingerprint density at radius 3 is 2.15 bits per heavy atom. The zero-order valence-corrected chi connectivity index (χ0v) is 16.5. The van der Waals surface area contributed by atoms with E-state index in [1.54, 1.807) is 12.1 Å². The van der Waals surface area contributed by atoms with Crippen LogP contribution in [0.25, 0.3) is 0 Å². The summed E-state index contributed by atoms with van der Waals surface area (Å²) < 4.78 is 5.41. The normalized spacial score (nSPS) is 10.4. The lowest BCUT2D eigenvalue weighted by Gasteiger charge is -2.08. The monoisotopic (exact) mass is 378 g/mol. The van der Waals surface area contributed by atoms with Crippen LogP contribution in [0.2, 0.25) is 0 Å². The van der Waals surface area contributed by atoms with E-state index in [1.165, 1.54) is 50.7 Å². The van der Waals surface area contributed by atoms with E-state index in [4.69, 9.17) is 4.74 Å². The molecule has 0 spiro atoms. The fourth-order valence-electron chi connectivity index (χ4n) is 2.71. The Morgan fingerprint density at radius 2 is 1.52 bits per heavy atom. The molecule has 0 saturated carbocycles. The number of imide groups is 1. The number of phenolic OH excluding ortho intramolecular Hbond substituents is 1. The zero-order chi connectivity index (χ0) is 19.7. The van der Waals surface area contributed by atoms with Crippen LogP contribution >= 0.6 is 0 Å². The smallest absolute Gasteiger partial charge is 0.321 e. The average Bonchev–Trinajstić information content (AvgIpc) is 2.65. The molecule has 0 aromatic heterocycles. The Labute approximate surface area is 162 Å². The number of hydrogen-bond acceptors (Lipinski definition) is 4. The highest BCUT2D eigenvalue weighted by atomic mass is 16.5. The Kier molecular flexibility index (Phi) is 12.6. The Balaban J connectivity index is 1.95. The quantitative estimate of drug-likeness (QED) is 0.415. The van der Waals surface area contributed by atoms with Crippen molar-refractivity contribution in [1.82, 2.24) is 10.6 Å². The minimum absolute atomic E-state index is 0.172. The first kappa shape index (κ1) is 22.8. The molecule has 0 bridgehead atoms. The van der Waals surface area contributed by atoms with Crippen molar-refractivity contribution < 1.29 is 19.4 Å². The van der Waals surface area contributed by atoms with E-state index in [0.29, 0.717) is 12.2 Å². The van der Waals surface area contributed by atoms with Crippen molar-refractivity contribution in [3.63, 3.8) is 0 Å². The highest BCUT2D eigenvalue weighted by molar-refractivity contribution is 5.94. The third-order valence-corrected chi connectivity index (χ3v) is 4.25. The maximum absolute atomic E-state index is 11.7. The van der Waals surface area contributed by atoms with Crippen molar-refractivity contribution in [3.05, 3.63) is 24.3 Å². The molecule has 0 aliphatic carbocycles. The van der Waals surface area contributed by atoms with Gasteiger partial charge >= 0.3 is 6.03 Å². The molecule has 0 aliphatic rings. The number of unbranched alkanes of at least 4 members (excludes halogenated alkanes) is 8. The van der Waals surface area contributed by atoms with E-state index in [-0.39, 0.29) is 24.8 Å². The van der Waals surface area contributed by atoms with Crippen LogP contribution in [0.5, 0.6) is 11.5 Å². The van der Waals surface area contributed by atoms with Crippen LogP contribution in [0.15, 0.2) is 24.3 Å². The van der Waals surface area contributed by atoms with Gasteiger partial charge in [0.2, 0.25) is 5.91 Å². The van der Waals surface area contributed by atoms with Gasteiger partial charge in [-0.05, 0) is 30.7 Å². The molecular formula is C21H34N2O4. The Morgan fingerprint density at radius 1 is 0.926 bits per heavy atom. The molecule has 27 heavy (non-hydrogen) atoms. The lowest BCUT2D eigenvalue weighted by atomic mass is 10.1. The van der Waals surface area contributed by atoms with Gasteiger partial charge in [0.1, 0.15) is 18.1 Å². The maximum Gasteiger partial charge on any atom is 0.321 e. The molecule has 1 aromatic rings. The van der Waals surface area contributed by atoms with E-state index >= 15 is 0 Å². The van der Waals surface area contributed by atoms with Crippen LogP contribution in [0.4, 0.5) is 4.79 Å². The molecule has 0 heterocycles. The van der Waals surface area contributed by atoms with Crippen molar-refractivity contribution in [2.45, 2.75) is 71.1 Å². The molecule has 0 radical (unpaired) electrons. The number of phenols is 1. The summed E-state index contributed by atoms with van der Waals surface area (Å²) in [4.78, 5) is 23.4. The summed E-state index contributed by atoms with van der Waals surface area (Å²) in [6.45, 7) is 2.79. The van der Waals surface area contributed by atoms with E-state index in [0.717, 1.165) is 19.3 Å². The number of amides is 3. The molecule has 152 valence electrons. The SMILES string of the molecule is CCCCCCCCCCCC(=O)NC(=O)NCCOc1ccc(O)cc1. The van der Waals surface area contributed by atoms with Gasteiger partial charge in [0, 0.05) is 6.42 Å². The zero-order valence-electron chi connectivity index (χ0n) is 16.5. The summed E-state index contributed by atoms with van der Waals surface area (Å²) in [5.41, 5.74) is 0. The minimum atomic E-state index is -0.495. The summed E-state index contributed by atoms with van der Waals surface area (Å²) >= 11 is 0. The van der Waals surface area contributed by atoms with Crippen molar-refractivity contribution in [2.24, 2.45) is 0 Å². The van der Waals surface area contributed by atoms with Crippen molar-refractivity contribution in [2.75, 3.05) is 13.2 Å². The second-order valence-corrected chi connectivity index (χ2v) is 6.72. The van der Waals surface area contributed by atoms with Gasteiger partial charge in [0.05, 0.1) is 6.54 Å². The average molecular weight is 379 g/mol. The minimum Gasteiger partial charge on any atom is -0.508 e. The van der Waals surface area contributed by atoms with E-state index in [9.17, 15) is 14.7 Å². The fourth-order valence-corrected chi connectivity index (χ4v) is 2.71. The lowest BCUT2D eigenvalue weighted by molar-refractivity contribution is -0.120. The predicted molar refractivity (Wildman–Crippen MR) is 107 cm³/mol. The van der Waals surface area contributed by atoms with Crippen LogP contribution in [-0.2, 0) is 4.79 Å². The first-order chi connectivity index (χ1) is 13.1. The number of hydrogen-bond donors (Lipinski definition) is 3. The second-order valence-electron chi connectivity index (χ2n) is 6.72. The summed E-state index contributed by atoms with van der Waals surface area (Å²) in [6, 6.07) is 5.85. The molecule has 0 saturated heterocycles. The number of carbonyl (C=O) groups excluding carboxylic acids is 2. The van der Waals surface area contributed by atoms with Crippen LogP contribution in [0, 0.1) is 0 Å².